The summed E-state index contributed by atoms with van der Waals surface area (Å²) in [5.74, 6) is 0.441. The average Bonchev–Trinajstić information content (AvgIpc) is 2.62. The van der Waals surface area contributed by atoms with Gasteiger partial charge in [-0.05, 0) is 44.4 Å². The van der Waals surface area contributed by atoms with Gasteiger partial charge in [-0.25, -0.2) is 8.42 Å². The van der Waals surface area contributed by atoms with E-state index in [4.69, 9.17) is 4.74 Å². The van der Waals surface area contributed by atoms with Crippen molar-refractivity contribution in [3.8, 4) is 0 Å². The van der Waals surface area contributed by atoms with E-state index in [1.807, 2.05) is 12.1 Å². The topological polar surface area (TPSA) is 63.7 Å². The van der Waals surface area contributed by atoms with Crippen LogP contribution in [-0.2, 0) is 25.8 Å². The fraction of sp³-hybridized carbons (Fsp3) is 0.650. The van der Waals surface area contributed by atoms with Gasteiger partial charge in [0.1, 0.15) is 5.78 Å². The van der Waals surface area contributed by atoms with Gasteiger partial charge in [-0.2, -0.15) is 0 Å². The van der Waals surface area contributed by atoms with Gasteiger partial charge in [0.15, 0.2) is 9.84 Å². The standard InChI is InChI=1S/C20H31NO4S/c1-17(2)26(23,24)14-5-3-4-9-20(22)16-18-7-6-8-19(15-18)21-10-12-25-13-11-21/h6-8,15,17H,3-5,9-14,16H2,1-2H3. The van der Waals surface area contributed by atoms with Crippen molar-refractivity contribution >= 4 is 21.3 Å². The zero-order chi connectivity index (χ0) is 19.0. The van der Waals surface area contributed by atoms with Crippen molar-refractivity contribution in [3.63, 3.8) is 0 Å². The summed E-state index contributed by atoms with van der Waals surface area (Å²) < 4.78 is 28.9. The molecule has 6 heteroatoms. The van der Waals surface area contributed by atoms with Crippen LogP contribution in [0.15, 0.2) is 24.3 Å². The largest absolute Gasteiger partial charge is 0.378 e. The second kappa shape index (κ2) is 10.1. The first-order chi connectivity index (χ1) is 12.4. The lowest BCUT2D eigenvalue weighted by Crippen LogP contribution is -2.36. The zero-order valence-corrected chi connectivity index (χ0v) is 16.8. The minimum Gasteiger partial charge on any atom is -0.378 e. The molecule has 0 atom stereocenters. The number of carbonyl (C=O) groups excluding carboxylic acids is 1. The fourth-order valence-corrected chi connectivity index (χ4v) is 4.12. The molecule has 0 unspecified atom stereocenters. The van der Waals surface area contributed by atoms with Crippen molar-refractivity contribution in [1.82, 2.24) is 0 Å². The van der Waals surface area contributed by atoms with Crippen LogP contribution in [-0.4, -0.2) is 51.5 Å². The molecule has 1 aromatic carbocycles. The Morgan fingerprint density at radius 2 is 1.88 bits per heavy atom. The van der Waals surface area contributed by atoms with Gasteiger partial charge in [-0.3, -0.25) is 4.79 Å². The van der Waals surface area contributed by atoms with Gasteiger partial charge in [-0.1, -0.05) is 18.6 Å². The zero-order valence-electron chi connectivity index (χ0n) is 15.9. The number of hydrogen-bond acceptors (Lipinski definition) is 5. The molecule has 0 bridgehead atoms. The van der Waals surface area contributed by atoms with Crippen LogP contribution in [0.1, 0.15) is 45.1 Å². The van der Waals surface area contributed by atoms with Gasteiger partial charge >= 0.3 is 0 Å². The summed E-state index contributed by atoms with van der Waals surface area (Å²) in [7, 11) is -2.96. The van der Waals surface area contributed by atoms with Crippen LogP contribution in [0.5, 0.6) is 0 Å². The minimum absolute atomic E-state index is 0.218. The van der Waals surface area contributed by atoms with Crippen LogP contribution in [0.25, 0.3) is 0 Å². The number of sulfone groups is 1. The molecule has 1 aromatic rings. The number of nitrogens with zero attached hydrogens (tertiary/aromatic N) is 1. The van der Waals surface area contributed by atoms with E-state index in [0.29, 0.717) is 19.3 Å². The van der Waals surface area contributed by atoms with Gasteiger partial charge in [0.05, 0.1) is 24.2 Å². The van der Waals surface area contributed by atoms with E-state index >= 15 is 0 Å². The Hall–Kier alpha value is -1.40. The Morgan fingerprint density at radius 1 is 1.15 bits per heavy atom. The second-order valence-corrected chi connectivity index (χ2v) is 9.89. The monoisotopic (exact) mass is 381 g/mol. The molecule has 0 amide bonds. The summed E-state index contributed by atoms with van der Waals surface area (Å²) in [6, 6.07) is 8.17. The van der Waals surface area contributed by atoms with Crippen molar-refractivity contribution in [2.24, 2.45) is 0 Å². The van der Waals surface area contributed by atoms with Crippen LogP contribution < -0.4 is 4.90 Å². The maximum Gasteiger partial charge on any atom is 0.152 e. The number of ether oxygens (including phenoxy) is 1. The third kappa shape index (κ3) is 6.72. The van der Waals surface area contributed by atoms with E-state index in [2.05, 4.69) is 17.0 Å². The van der Waals surface area contributed by atoms with Gasteiger partial charge in [0, 0.05) is 31.6 Å². The summed E-state index contributed by atoms with van der Waals surface area (Å²) in [6.45, 7) is 6.69. The average molecular weight is 382 g/mol. The highest BCUT2D eigenvalue weighted by molar-refractivity contribution is 7.91. The third-order valence-electron chi connectivity index (χ3n) is 4.79. The number of benzene rings is 1. The number of unbranched alkanes of at least 4 members (excludes halogenated alkanes) is 2. The van der Waals surface area contributed by atoms with E-state index in [1.54, 1.807) is 13.8 Å². The molecular formula is C20H31NO4S. The Bertz CT molecular complexity index is 679. The molecule has 0 aromatic heterocycles. The van der Waals surface area contributed by atoms with E-state index < -0.39 is 9.84 Å². The van der Waals surface area contributed by atoms with Crippen molar-refractivity contribution in [2.75, 3.05) is 37.0 Å². The quantitative estimate of drug-likeness (QED) is 0.583. The van der Waals surface area contributed by atoms with Crippen LogP contribution in [0.2, 0.25) is 0 Å². The summed E-state index contributed by atoms with van der Waals surface area (Å²) in [6.07, 6.45) is 3.15. The van der Waals surface area contributed by atoms with E-state index in [-0.39, 0.29) is 16.8 Å². The molecule has 1 aliphatic heterocycles. The highest BCUT2D eigenvalue weighted by atomic mass is 32.2. The lowest BCUT2D eigenvalue weighted by molar-refractivity contribution is -0.118. The molecule has 1 aliphatic rings. The SMILES string of the molecule is CC(C)S(=O)(=O)CCCCCC(=O)Cc1cccc(N2CCOCC2)c1. The van der Waals surface area contributed by atoms with E-state index in [0.717, 1.165) is 50.4 Å². The first kappa shape index (κ1) is 20.9. The number of hydrogen-bond donors (Lipinski definition) is 0. The molecule has 0 spiro atoms. The molecule has 1 saturated heterocycles. The smallest absolute Gasteiger partial charge is 0.152 e. The number of morpholine rings is 1. The number of ketones is 1. The number of anilines is 1. The number of carbonyl (C=O) groups is 1. The third-order valence-corrected chi connectivity index (χ3v) is 7.08. The van der Waals surface area contributed by atoms with Gasteiger partial charge < -0.3 is 9.64 Å². The molecular weight excluding hydrogens is 350 g/mol. The Kier molecular flexibility index (Phi) is 8.10. The summed E-state index contributed by atoms with van der Waals surface area (Å²) in [5, 5.41) is -0.317. The maximum absolute atomic E-state index is 12.2. The van der Waals surface area contributed by atoms with Crippen LogP contribution >= 0.6 is 0 Å². The van der Waals surface area contributed by atoms with Gasteiger partial charge in [0.25, 0.3) is 0 Å². The molecule has 0 N–H and O–H groups in total. The molecule has 0 radical (unpaired) electrons. The van der Waals surface area contributed by atoms with Crippen LogP contribution in [0.4, 0.5) is 5.69 Å². The van der Waals surface area contributed by atoms with E-state index in [9.17, 15) is 13.2 Å². The lowest BCUT2D eigenvalue weighted by Gasteiger charge is -2.29. The molecule has 1 fully saturated rings. The van der Waals surface area contributed by atoms with E-state index in [1.165, 1.54) is 0 Å². The first-order valence-electron chi connectivity index (χ1n) is 9.53. The van der Waals surface area contributed by atoms with Crippen molar-refractivity contribution in [1.29, 1.82) is 0 Å². The Labute approximate surface area is 157 Å². The summed E-state index contributed by atoms with van der Waals surface area (Å²) in [5.41, 5.74) is 2.19. The highest BCUT2D eigenvalue weighted by Gasteiger charge is 2.15. The number of rotatable bonds is 10. The second-order valence-electron chi connectivity index (χ2n) is 7.21. The van der Waals surface area contributed by atoms with Gasteiger partial charge in [-0.15, -0.1) is 0 Å². The first-order valence-corrected chi connectivity index (χ1v) is 11.2. The Morgan fingerprint density at radius 3 is 2.58 bits per heavy atom. The maximum atomic E-state index is 12.2. The molecule has 5 nitrogen and oxygen atoms in total. The predicted octanol–water partition coefficient (Wildman–Crippen LogP) is 3.02. The molecule has 0 saturated carbocycles. The Balaban J connectivity index is 1.72. The van der Waals surface area contributed by atoms with Crippen LogP contribution in [0, 0.1) is 0 Å². The highest BCUT2D eigenvalue weighted by Crippen LogP contribution is 2.18. The minimum atomic E-state index is -2.96. The van der Waals surface area contributed by atoms with Crippen LogP contribution in [0.3, 0.4) is 0 Å². The fourth-order valence-electron chi connectivity index (χ4n) is 3.04. The number of Topliss-reactive ketones (excluding diaryl/α,β-unsaturated/α-hetero) is 1. The van der Waals surface area contributed by atoms with Crippen molar-refractivity contribution < 1.29 is 17.9 Å². The summed E-state index contributed by atoms with van der Waals surface area (Å²) >= 11 is 0. The van der Waals surface area contributed by atoms with Gasteiger partial charge in [0.2, 0.25) is 0 Å². The lowest BCUT2D eigenvalue weighted by atomic mass is 10.0. The predicted molar refractivity (Wildman–Crippen MR) is 106 cm³/mol. The summed E-state index contributed by atoms with van der Waals surface area (Å²) in [4.78, 5) is 14.5. The molecule has 0 aliphatic carbocycles. The molecule has 1 heterocycles. The van der Waals surface area contributed by atoms with Crippen molar-refractivity contribution in [2.45, 2.75) is 51.2 Å². The molecule has 146 valence electrons. The molecule has 26 heavy (non-hydrogen) atoms. The normalized spacial score (nSPS) is 15.4. The molecule has 2 rings (SSSR count). The van der Waals surface area contributed by atoms with Crippen molar-refractivity contribution in [3.05, 3.63) is 29.8 Å².